The van der Waals surface area contributed by atoms with Crippen LogP contribution in [0.3, 0.4) is 0 Å². The van der Waals surface area contributed by atoms with E-state index < -0.39 is 6.29 Å². The Morgan fingerprint density at radius 2 is 1.65 bits per heavy atom. The third-order valence-electron chi connectivity index (χ3n) is 2.44. The maximum absolute atomic E-state index is 11.1. The molecule has 0 aliphatic rings. The van der Waals surface area contributed by atoms with Crippen LogP contribution in [0.25, 0.3) is 0 Å². The molecule has 2 rings (SSSR count). The summed E-state index contributed by atoms with van der Waals surface area (Å²) in [5, 5.41) is 0. The van der Waals surface area contributed by atoms with Gasteiger partial charge in [-0.25, -0.2) is 0 Å². The third-order valence-corrected chi connectivity index (χ3v) is 3.48. The van der Waals surface area contributed by atoms with Crippen LogP contribution in [0.1, 0.15) is 6.92 Å². The molecular weight excluding hydrogens is 272 g/mol. The molecule has 0 N–H and O–H groups in total. The second-order valence-corrected chi connectivity index (χ2v) is 5.19. The first kappa shape index (κ1) is 14.5. The van der Waals surface area contributed by atoms with Crippen molar-refractivity contribution in [2.24, 2.45) is 0 Å². The van der Waals surface area contributed by atoms with Crippen LogP contribution in [0.15, 0.2) is 65.6 Å². The number of thioether (sulfide) groups is 1. The number of benzene rings is 2. The van der Waals surface area contributed by atoms with Gasteiger partial charge in [0.15, 0.2) is 0 Å². The maximum atomic E-state index is 11.1. The molecule has 0 bridgehead atoms. The molecule has 0 aliphatic carbocycles. The van der Waals surface area contributed by atoms with Gasteiger partial charge in [0.2, 0.25) is 0 Å². The van der Waals surface area contributed by atoms with Crippen molar-refractivity contribution >= 4 is 17.7 Å². The summed E-state index contributed by atoms with van der Waals surface area (Å²) in [6, 6.07) is 19.3. The lowest BCUT2D eigenvalue weighted by molar-refractivity contribution is -0.157. The average Bonchev–Trinajstić information content (AvgIpc) is 2.46. The second-order valence-electron chi connectivity index (χ2n) is 4.09. The van der Waals surface area contributed by atoms with E-state index in [-0.39, 0.29) is 5.97 Å². The van der Waals surface area contributed by atoms with Gasteiger partial charge in [-0.05, 0) is 24.3 Å². The van der Waals surface area contributed by atoms with Gasteiger partial charge in [-0.3, -0.25) is 4.79 Å². The summed E-state index contributed by atoms with van der Waals surface area (Å²) in [7, 11) is 0. The predicted octanol–water partition coefficient (Wildman–Crippen LogP) is 3.75. The molecule has 4 heteroatoms. The average molecular weight is 288 g/mol. The van der Waals surface area contributed by atoms with Crippen molar-refractivity contribution in [1.82, 2.24) is 0 Å². The fourth-order valence-electron chi connectivity index (χ4n) is 1.61. The van der Waals surface area contributed by atoms with E-state index in [0.717, 1.165) is 4.90 Å². The van der Waals surface area contributed by atoms with Crippen LogP contribution in [-0.4, -0.2) is 18.0 Å². The van der Waals surface area contributed by atoms with Gasteiger partial charge in [-0.1, -0.05) is 36.4 Å². The zero-order chi connectivity index (χ0) is 14.2. The second kappa shape index (κ2) is 7.60. The highest BCUT2D eigenvalue weighted by Gasteiger charge is 2.14. The highest BCUT2D eigenvalue weighted by atomic mass is 32.2. The molecule has 2 aromatic rings. The molecule has 0 spiro atoms. The van der Waals surface area contributed by atoms with E-state index in [1.165, 1.54) is 6.92 Å². The Kier molecular flexibility index (Phi) is 5.50. The lowest BCUT2D eigenvalue weighted by Gasteiger charge is -2.18. The lowest BCUT2D eigenvalue weighted by atomic mass is 10.3. The molecule has 0 heterocycles. The molecule has 104 valence electrons. The predicted molar refractivity (Wildman–Crippen MR) is 79.8 cm³/mol. The first-order chi connectivity index (χ1) is 9.74. The molecule has 1 unspecified atom stereocenters. The Labute approximate surface area is 122 Å². The highest BCUT2D eigenvalue weighted by molar-refractivity contribution is 7.99. The van der Waals surface area contributed by atoms with Gasteiger partial charge in [0, 0.05) is 11.8 Å². The molecule has 0 radical (unpaired) electrons. The summed E-state index contributed by atoms with van der Waals surface area (Å²) < 4.78 is 10.9. The van der Waals surface area contributed by atoms with Crippen LogP contribution in [0, 0.1) is 0 Å². The Hall–Kier alpha value is -1.94. The summed E-state index contributed by atoms with van der Waals surface area (Å²) in [5.41, 5.74) is 0. The van der Waals surface area contributed by atoms with Crippen LogP contribution in [-0.2, 0) is 9.53 Å². The van der Waals surface area contributed by atoms with Crippen LogP contribution in [0.5, 0.6) is 5.75 Å². The van der Waals surface area contributed by atoms with Crippen molar-refractivity contribution in [3.8, 4) is 5.75 Å². The minimum absolute atomic E-state index is 0.348. The first-order valence-electron chi connectivity index (χ1n) is 6.31. The molecule has 3 nitrogen and oxygen atoms in total. The van der Waals surface area contributed by atoms with E-state index in [2.05, 4.69) is 0 Å². The molecule has 0 saturated carbocycles. The monoisotopic (exact) mass is 288 g/mol. The number of hydrogen-bond acceptors (Lipinski definition) is 4. The fourth-order valence-corrected chi connectivity index (χ4v) is 2.42. The Morgan fingerprint density at radius 1 is 1.05 bits per heavy atom. The van der Waals surface area contributed by atoms with E-state index in [4.69, 9.17) is 9.47 Å². The summed E-state index contributed by atoms with van der Waals surface area (Å²) in [6.45, 7) is 1.38. The summed E-state index contributed by atoms with van der Waals surface area (Å²) in [6.07, 6.45) is -0.597. The number of carbonyl (C=O) groups excluding carboxylic acids is 1. The molecule has 0 amide bonds. The smallest absolute Gasteiger partial charge is 0.305 e. The van der Waals surface area contributed by atoms with E-state index in [0.29, 0.717) is 11.5 Å². The Bertz CT molecular complexity index is 528. The quantitative estimate of drug-likeness (QED) is 0.461. The topological polar surface area (TPSA) is 35.5 Å². The lowest BCUT2D eigenvalue weighted by Crippen LogP contribution is -2.25. The van der Waals surface area contributed by atoms with Crippen LogP contribution >= 0.6 is 11.8 Å². The van der Waals surface area contributed by atoms with Gasteiger partial charge in [-0.2, -0.15) is 0 Å². The molecule has 2 aromatic carbocycles. The zero-order valence-corrected chi connectivity index (χ0v) is 12.0. The number of esters is 1. The molecule has 0 fully saturated rings. The molecule has 0 saturated heterocycles. The van der Waals surface area contributed by atoms with Crippen LogP contribution in [0.2, 0.25) is 0 Å². The maximum Gasteiger partial charge on any atom is 0.305 e. The van der Waals surface area contributed by atoms with Gasteiger partial charge in [0.05, 0.1) is 5.75 Å². The van der Waals surface area contributed by atoms with Crippen molar-refractivity contribution in [3.05, 3.63) is 60.7 Å². The fraction of sp³-hybridized carbons (Fsp3) is 0.188. The SMILES string of the molecule is CC(=O)OC(CSc1ccccc1)Oc1ccccc1. The Balaban J connectivity index is 1.95. The van der Waals surface area contributed by atoms with E-state index in [1.54, 1.807) is 11.8 Å². The minimum atomic E-state index is -0.597. The minimum Gasteiger partial charge on any atom is -0.454 e. The van der Waals surface area contributed by atoms with Crippen molar-refractivity contribution < 1.29 is 14.3 Å². The highest BCUT2D eigenvalue weighted by Crippen LogP contribution is 2.21. The number of hydrogen-bond donors (Lipinski definition) is 0. The van der Waals surface area contributed by atoms with Gasteiger partial charge < -0.3 is 9.47 Å². The molecule has 1 atom stereocenters. The summed E-state index contributed by atoms with van der Waals surface area (Å²) >= 11 is 1.59. The Morgan fingerprint density at radius 3 is 2.25 bits per heavy atom. The number of carbonyl (C=O) groups is 1. The molecule has 20 heavy (non-hydrogen) atoms. The van der Waals surface area contributed by atoms with Gasteiger partial charge in [0.25, 0.3) is 6.29 Å². The van der Waals surface area contributed by atoms with E-state index in [1.807, 2.05) is 60.7 Å². The van der Waals surface area contributed by atoms with Gasteiger partial charge in [0.1, 0.15) is 5.75 Å². The number of ether oxygens (including phenoxy) is 2. The zero-order valence-electron chi connectivity index (χ0n) is 11.2. The summed E-state index contributed by atoms with van der Waals surface area (Å²) in [4.78, 5) is 12.3. The molecule has 0 aliphatic heterocycles. The summed E-state index contributed by atoms with van der Waals surface area (Å²) in [5.74, 6) is 0.880. The van der Waals surface area contributed by atoms with Crippen LogP contribution < -0.4 is 4.74 Å². The van der Waals surface area contributed by atoms with E-state index >= 15 is 0 Å². The molecular formula is C16H16O3S. The molecule has 0 aromatic heterocycles. The van der Waals surface area contributed by atoms with Crippen molar-refractivity contribution in [1.29, 1.82) is 0 Å². The van der Waals surface area contributed by atoms with Crippen LogP contribution in [0.4, 0.5) is 0 Å². The first-order valence-corrected chi connectivity index (χ1v) is 7.29. The van der Waals surface area contributed by atoms with E-state index in [9.17, 15) is 4.79 Å². The van der Waals surface area contributed by atoms with Crippen molar-refractivity contribution in [2.75, 3.05) is 5.75 Å². The van der Waals surface area contributed by atoms with Crippen molar-refractivity contribution in [2.45, 2.75) is 18.1 Å². The largest absolute Gasteiger partial charge is 0.454 e. The number of rotatable bonds is 6. The van der Waals surface area contributed by atoms with Gasteiger partial charge in [-0.15, -0.1) is 11.8 Å². The van der Waals surface area contributed by atoms with Gasteiger partial charge >= 0.3 is 5.97 Å². The normalized spacial score (nSPS) is 11.7. The van der Waals surface area contributed by atoms with Crippen molar-refractivity contribution in [3.63, 3.8) is 0 Å². The third kappa shape index (κ3) is 4.97. The number of para-hydroxylation sites is 1. The standard InChI is InChI=1S/C16H16O3S/c1-13(17)18-16(19-14-8-4-2-5-9-14)12-20-15-10-6-3-7-11-15/h2-11,16H,12H2,1H3.